The van der Waals surface area contributed by atoms with E-state index in [1.54, 1.807) is 7.11 Å². The lowest BCUT2D eigenvalue weighted by Gasteiger charge is -2.53. The van der Waals surface area contributed by atoms with E-state index in [0.29, 0.717) is 51.3 Å². The van der Waals surface area contributed by atoms with Gasteiger partial charge in [0.1, 0.15) is 0 Å². The summed E-state index contributed by atoms with van der Waals surface area (Å²) in [7, 11) is 3.00. The lowest BCUT2D eigenvalue weighted by molar-refractivity contribution is -0.154. The number of fused-ring (bicyclic) bond motifs is 1. The zero-order valence-electron chi connectivity index (χ0n) is 28.7. The van der Waals surface area contributed by atoms with Crippen LogP contribution in [0.15, 0.2) is 60.7 Å². The number of alkyl halides is 3. The molecule has 0 radical (unpaired) electrons. The lowest BCUT2D eigenvalue weighted by Crippen LogP contribution is -2.67. The molecule has 0 saturated carbocycles. The van der Waals surface area contributed by atoms with E-state index in [4.69, 9.17) is 18.9 Å². The molecule has 1 unspecified atom stereocenters. The summed E-state index contributed by atoms with van der Waals surface area (Å²) in [5.74, 6) is 0.274. The molecule has 2 saturated heterocycles. The molecule has 1 aromatic heterocycles. The zero-order valence-corrected chi connectivity index (χ0v) is 30.3. The number of carbonyl (C=O) groups is 1. The summed E-state index contributed by atoms with van der Waals surface area (Å²) < 4.78 is 60.5. The van der Waals surface area contributed by atoms with Gasteiger partial charge in [-0.3, -0.25) is 14.6 Å². The summed E-state index contributed by atoms with van der Waals surface area (Å²) in [5.41, 5.74) is 2.88. The van der Waals surface area contributed by atoms with Crippen molar-refractivity contribution in [2.45, 2.75) is 57.1 Å². The van der Waals surface area contributed by atoms with Gasteiger partial charge in [-0.15, -0.1) is 24.8 Å². The molecule has 0 spiro atoms. The van der Waals surface area contributed by atoms with Crippen LogP contribution in [0.3, 0.4) is 0 Å². The lowest BCUT2D eigenvalue weighted by atomic mass is 9.81. The van der Waals surface area contributed by atoms with E-state index in [9.17, 15) is 18.0 Å². The third kappa shape index (κ3) is 10.6. The highest BCUT2D eigenvalue weighted by Crippen LogP contribution is 2.38. The van der Waals surface area contributed by atoms with Crippen molar-refractivity contribution in [3.63, 3.8) is 0 Å². The molecule has 5 rings (SSSR count). The second-order valence-corrected chi connectivity index (χ2v) is 12.4. The molecule has 2 aliphatic heterocycles. The number of halogens is 5. The van der Waals surface area contributed by atoms with Crippen molar-refractivity contribution in [1.29, 1.82) is 0 Å². The Morgan fingerprint density at radius 3 is 2.08 bits per heavy atom. The smallest absolute Gasteiger partial charge is 0.422 e. The van der Waals surface area contributed by atoms with Crippen LogP contribution >= 0.6 is 24.8 Å². The zero-order chi connectivity index (χ0) is 34.3. The van der Waals surface area contributed by atoms with Crippen LogP contribution in [0, 0.1) is 0 Å². The molecule has 2 atom stereocenters. The fourth-order valence-corrected chi connectivity index (χ4v) is 6.65. The van der Waals surface area contributed by atoms with E-state index in [-0.39, 0.29) is 66.6 Å². The molecule has 0 bridgehead atoms. The summed E-state index contributed by atoms with van der Waals surface area (Å²) in [6, 6.07) is 20.4. The van der Waals surface area contributed by atoms with Crippen LogP contribution in [-0.2, 0) is 16.1 Å². The maximum absolute atomic E-state index is 13.1. The van der Waals surface area contributed by atoms with Crippen molar-refractivity contribution in [3.05, 3.63) is 77.4 Å². The minimum atomic E-state index is -4.56. The fourth-order valence-electron chi connectivity index (χ4n) is 6.65. The summed E-state index contributed by atoms with van der Waals surface area (Å²) in [6.07, 6.45) is -4.56. The number of methoxy groups -OCH3 is 2. The van der Waals surface area contributed by atoms with Crippen molar-refractivity contribution in [2.75, 3.05) is 60.2 Å². The molecule has 0 aliphatic carbocycles. The third-order valence-corrected chi connectivity index (χ3v) is 8.64. The molecule has 0 N–H and O–H groups in total. The van der Waals surface area contributed by atoms with Crippen LogP contribution < -0.4 is 14.2 Å². The van der Waals surface area contributed by atoms with Gasteiger partial charge < -0.3 is 23.8 Å². The molecule has 1 amide bonds. The van der Waals surface area contributed by atoms with Crippen LogP contribution in [-0.4, -0.2) is 115 Å². The average molecular weight is 745 g/mol. The second kappa shape index (κ2) is 18.8. The Morgan fingerprint density at radius 1 is 0.900 bits per heavy atom. The Bertz CT molecular complexity index is 1450. The Morgan fingerprint density at radius 2 is 1.52 bits per heavy atom. The summed E-state index contributed by atoms with van der Waals surface area (Å²) in [6.45, 7) is 5.92. The van der Waals surface area contributed by atoms with Crippen LogP contribution in [0.25, 0.3) is 0 Å². The van der Waals surface area contributed by atoms with Crippen molar-refractivity contribution in [1.82, 2.24) is 24.7 Å². The van der Waals surface area contributed by atoms with Gasteiger partial charge in [-0.1, -0.05) is 60.7 Å². The van der Waals surface area contributed by atoms with E-state index >= 15 is 0 Å². The van der Waals surface area contributed by atoms with E-state index in [1.807, 2.05) is 30.9 Å². The first-order valence-corrected chi connectivity index (χ1v) is 16.2. The number of benzene rings is 2. The molecule has 50 heavy (non-hydrogen) atoms. The van der Waals surface area contributed by atoms with Crippen LogP contribution in [0.1, 0.15) is 42.9 Å². The number of amides is 1. The number of hydrogen-bond donors (Lipinski definition) is 0. The molecule has 3 aromatic rings. The van der Waals surface area contributed by atoms with Crippen LogP contribution in [0.4, 0.5) is 13.2 Å². The summed E-state index contributed by atoms with van der Waals surface area (Å²) in [5, 5.41) is 0. The molecule has 3 heterocycles. The molecular weight excluding hydrogens is 698 g/mol. The molecule has 2 aliphatic rings. The van der Waals surface area contributed by atoms with Gasteiger partial charge in [0.2, 0.25) is 17.7 Å². The number of ether oxygens (including phenoxy) is 4. The first-order valence-electron chi connectivity index (χ1n) is 16.2. The van der Waals surface area contributed by atoms with Crippen molar-refractivity contribution in [2.24, 2.45) is 0 Å². The average Bonchev–Trinajstić information content (AvgIpc) is 3.07. The maximum atomic E-state index is 13.1. The predicted octanol–water partition coefficient (Wildman–Crippen LogP) is 5.62. The quantitative estimate of drug-likeness (QED) is 0.221. The van der Waals surface area contributed by atoms with Gasteiger partial charge in [0.25, 0.3) is 0 Å². The largest absolute Gasteiger partial charge is 0.481 e. The highest BCUT2D eigenvalue weighted by atomic mass is 35.5. The number of aromatic nitrogens is 2. The number of carbonyl (C=O) groups excluding carboxylic acids is 1. The van der Waals surface area contributed by atoms with Gasteiger partial charge in [0.15, 0.2) is 6.61 Å². The van der Waals surface area contributed by atoms with Gasteiger partial charge >= 0.3 is 12.2 Å². The van der Waals surface area contributed by atoms with Crippen LogP contribution in [0.5, 0.6) is 17.8 Å². The first kappa shape index (κ1) is 41.1. The minimum Gasteiger partial charge on any atom is -0.481 e. The second-order valence-electron chi connectivity index (χ2n) is 12.4. The Kier molecular flexibility index (Phi) is 15.4. The van der Waals surface area contributed by atoms with E-state index in [0.717, 1.165) is 6.54 Å². The van der Waals surface area contributed by atoms with E-state index in [2.05, 4.69) is 68.3 Å². The minimum absolute atomic E-state index is 0. The fraction of sp³-hybridized carbons (Fsp3) is 0.514. The third-order valence-electron chi connectivity index (χ3n) is 8.64. The first-order chi connectivity index (χ1) is 23.1. The molecular formula is C35H46Cl2F3N5O5. The number of nitrogens with zero attached hydrogens (tertiary/aromatic N) is 5. The van der Waals surface area contributed by atoms with E-state index in [1.165, 1.54) is 18.2 Å². The number of hydrogen-bond acceptors (Lipinski definition) is 9. The topological polar surface area (TPSA) is 89.5 Å². The Balaban J connectivity index is 0.00000338. The maximum Gasteiger partial charge on any atom is 0.422 e. The number of rotatable bonds is 13. The standard InChI is InChI=1S/C35H44F3N5O5.2ClH/c1-24(2)48-33-28(32(46-4)39-34(40-33)47-23-35(36,37)38)21-41-19-27-20-42(30(44)15-18-45-3)16-17-43(27)29(22-41)31(25-11-7-5-8-12-25)26-13-9-6-10-14-26;;/h5-14,24,27,29,31H,15-23H2,1-4H3;2*1H/t27-,29?;;/m1../s1. The molecule has 2 fully saturated rings. The van der Waals surface area contributed by atoms with Crippen molar-refractivity contribution >= 4 is 30.7 Å². The van der Waals surface area contributed by atoms with Gasteiger partial charge in [0.05, 0.1) is 31.8 Å². The number of piperazine rings is 2. The van der Waals surface area contributed by atoms with Gasteiger partial charge in [-0.25, -0.2) is 0 Å². The van der Waals surface area contributed by atoms with Gasteiger partial charge in [-0.2, -0.15) is 23.1 Å². The van der Waals surface area contributed by atoms with Crippen molar-refractivity contribution < 1.29 is 36.9 Å². The Hall–Kier alpha value is -3.36. The Labute approximate surface area is 304 Å². The van der Waals surface area contributed by atoms with Crippen LogP contribution in [0.2, 0.25) is 0 Å². The van der Waals surface area contributed by atoms with Crippen molar-refractivity contribution in [3.8, 4) is 17.8 Å². The normalized spacial score (nSPS) is 18.2. The molecule has 10 nitrogen and oxygen atoms in total. The molecule has 15 heteroatoms. The van der Waals surface area contributed by atoms with Gasteiger partial charge in [0, 0.05) is 64.4 Å². The van der Waals surface area contributed by atoms with E-state index < -0.39 is 18.8 Å². The SMILES string of the molecule is COCCC(=O)N1CCN2C(C(c3ccccc3)c3ccccc3)CN(Cc3c(OC)nc(OCC(F)(F)F)nc3OC(C)C)C[C@@H]2C1.Cl.Cl. The summed E-state index contributed by atoms with van der Waals surface area (Å²) >= 11 is 0. The predicted molar refractivity (Wildman–Crippen MR) is 188 cm³/mol. The van der Waals surface area contributed by atoms with Gasteiger partial charge in [-0.05, 0) is 25.0 Å². The molecule has 2 aromatic carbocycles. The highest BCUT2D eigenvalue weighted by molar-refractivity contribution is 5.85. The molecule has 276 valence electrons. The monoisotopic (exact) mass is 743 g/mol. The highest BCUT2D eigenvalue weighted by Gasteiger charge is 2.43. The summed E-state index contributed by atoms with van der Waals surface area (Å²) in [4.78, 5) is 28.3.